The topological polar surface area (TPSA) is 50.5 Å². The van der Waals surface area contributed by atoms with Crippen LogP contribution < -0.4 is 0 Å². The zero-order chi connectivity index (χ0) is 14.1. The molecular formula is C15H20N4O. The third-order valence-electron chi connectivity index (χ3n) is 4.10. The Morgan fingerprint density at radius 1 is 1.35 bits per heavy atom. The molecule has 0 bridgehead atoms. The molecule has 1 atom stereocenters. The third-order valence-corrected chi connectivity index (χ3v) is 4.10. The van der Waals surface area contributed by atoms with Crippen molar-refractivity contribution in [3.63, 3.8) is 0 Å². The molecule has 2 aromatic heterocycles. The second-order valence-electron chi connectivity index (χ2n) is 5.71. The average Bonchev–Trinajstić information content (AvgIpc) is 2.89. The molecule has 0 aliphatic carbocycles. The van der Waals surface area contributed by atoms with Gasteiger partial charge in [0.25, 0.3) is 0 Å². The fraction of sp³-hybridized carbons (Fsp3) is 0.533. The van der Waals surface area contributed by atoms with Crippen molar-refractivity contribution in [2.75, 3.05) is 6.54 Å². The Bertz CT molecular complexity index is 619. The lowest BCUT2D eigenvalue weighted by molar-refractivity contribution is 0.105. The number of nitrogens with zero attached hydrogens (tertiary/aromatic N) is 4. The average molecular weight is 272 g/mol. The standard InChI is InChI=1S/C15H20N4O/c1-11(2)18-7-4-3-5-13(18)15-17-16-14-9-12(10-20)6-8-19(14)15/h6,8-11,13H,3-5,7H2,1-2H3. The van der Waals surface area contributed by atoms with E-state index in [1.807, 2.05) is 16.7 Å². The van der Waals surface area contributed by atoms with Crippen molar-refractivity contribution < 1.29 is 4.79 Å². The molecule has 5 heteroatoms. The number of rotatable bonds is 3. The van der Waals surface area contributed by atoms with E-state index < -0.39 is 0 Å². The summed E-state index contributed by atoms with van der Waals surface area (Å²) in [5.74, 6) is 0.992. The minimum atomic E-state index is 0.320. The molecule has 5 nitrogen and oxygen atoms in total. The van der Waals surface area contributed by atoms with Crippen molar-refractivity contribution in [2.24, 2.45) is 0 Å². The van der Waals surface area contributed by atoms with Crippen LogP contribution in [0, 0.1) is 0 Å². The summed E-state index contributed by atoms with van der Waals surface area (Å²) in [5.41, 5.74) is 1.39. The Hall–Kier alpha value is -1.75. The first-order valence-electron chi connectivity index (χ1n) is 7.26. The second kappa shape index (κ2) is 5.32. The maximum atomic E-state index is 10.8. The van der Waals surface area contributed by atoms with Gasteiger partial charge in [-0.25, -0.2) is 0 Å². The van der Waals surface area contributed by atoms with Crippen LogP contribution in [0.4, 0.5) is 0 Å². The van der Waals surface area contributed by atoms with Gasteiger partial charge in [-0.3, -0.25) is 14.1 Å². The number of pyridine rings is 1. The fourth-order valence-corrected chi connectivity index (χ4v) is 3.07. The highest BCUT2D eigenvalue weighted by Crippen LogP contribution is 2.31. The fourth-order valence-electron chi connectivity index (χ4n) is 3.07. The number of aldehydes is 1. The summed E-state index contributed by atoms with van der Waals surface area (Å²) in [7, 11) is 0. The van der Waals surface area contributed by atoms with Gasteiger partial charge >= 0.3 is 0 Å². The maximum absolute atomic E-state index is 10.8. The molecule has 20 heavy (non-hydrogen) atoms. The number of carbonyl (C=O) groups is 1. The molecule has 1 aliphatic heterocycles. The van der Waals surface area contributed by atoms with Crippen LogP contribution in [0.25, 0.3) is 5.65 Å². The normalized spacial score (nSPS) is 20.6. The Balaban J connectivity index is 2.02. The molecule has 0 N–H and O–H groups in total. The lowest BCUT2D eigenvalue weighted by Crippen LogP contribution is -2.39. The van der Waals surface area contributed by atoms with E-state index in [9.17, 15) is 4.79 Å². The predicted molar refractivity (Wildman–Crippen MR) is 76.8 cm³/mol. The zero-order valence-electron chi connectivity index (χ0n) is 12.0. The van der Waals surface area contributed by atoms with Gasteiger partial charge in [0.2, 0.25) is 0 Å². The molecular weight excluding hydrogens is 252 g/mol. The van der Waals surface area contributed by atoms with Crippen LogP contribution in [0.1, 0.15) is 55.3 Å². The minimum Gasteiger partial charge on any atom is -0.298 e. The van der Waals surface area contributed by atoms with Crippen LogP contribution in [0.3, 0.4) is 0 Å². The number of hydrogen-bond donors (Lipinski definition) is 0. The first kappa shape index (κ1) is 13.2. The quantitative estimate of drug-likeness (QED) is 0.805. The van der Waals surface area contributed by atoms with Gasteiger partial charge in [0.15, 0.2) is 11.5 Å². The molecule has 106 valence electrons. The highest BCUT2D eigenvalue weighted by molar-refractivity contribution is 5.76. The molecule has 0 aromatic carbocycles. The van der Waals surface area contributed by atoms with Crippen molar-refractivity contribution in [1.82, 2.24) is 19.5 Å². The van der Waals surface area contributed by atoms with Gasteiger partial charge in [-0.15, -0.1) is 10.2 Å². The number of carbonyl (C=O) groups excluding carboxylic acids is 1. The van der Waals surface area contributed by atoms with E-state index in [-0.39, 0.29) is 0 Å². The summed E-state index contributed by atoms with van der Waals surface area (Å²) in [6, 6.07) is 4.42. The van der Waals surface area contributed by atoms with E-state index in [1.165, 1.54) is 12.8 Å². The number of hydrogen-bond acceptors (Lipinski definition) is 4. The van der Waals surface area contributed by atoms with Crippen LogP contribution >= 0.6 is 0 Å². The third kappa shape index (κ3) is 2.22. The van der Waals surface area contributed by atoms with E-state index >= 15 is 0 Å². The summed E-state index contributed by atoms with van der Waals surface area (Å²) >= 11 is 0. The SMILES string of the molecule is CC(C)N1CCCCC1c1nnc2cc(C=O)ccn12. The summed E-state index contributed by atoms with van der Waals surface area (Å²) in [5, 5.41) is 8.61. The van der Waals surface area contributed by atoms with E-state index in [0.717, 1.165) is 30.7 Å². The predicted octanol–water partition coefficient (Wildman–Crippen LogP) is 2.48. The molecule has 3 rings (SSSR count). The first-order valence-corrected chi connectivity index (χ1v) is 7.26. The minimum absolute atomic E-state index is 0.320. The van der Waals surface area contributed by atoms with Gasteiger partial charge in [-0.1, -0.05) is 6.42 Å². The van der Waals surface area contributed by atoms with Crippen molar-refractivity contribution in [2.45, 2.75) is 45.2 Å². The molecule has 0 radical (unpaired) electrons. The van der Waals surface area contributed by atoms with Gasteiger partial charge in [0, 0.05) is 17.8 Å². The molecule has 0 saturated carbocycles. The van der Waals surface area contributed by atoms with Crippen LogP contribution in [0.5, 0.6) is 0 Å². The number of aromatic nitrogens is 3. The highest BCUT2D eigenvalue weighted by atomic mass is 16.1. The first-order chi connectivity index (χ1) is 9.70. The summed E-state index contributed by atoms with van der Waals surface area (Å²) in [4.78, 5) is 13.3. The van der Waals surface area contributed by atoms with E-state index in [4.69, 9.17) is 0 Å². The smallest absolute Gasteiger partial charge is 0.161 e. The lowest BCUT2D eigenvalue weighted by atomic mass is 10.00. The van der Waals surface area contributed by atoms with E-state index in [0.29, 0.717) is 17.6 Å². The van der Waals surface area contributed by atoms with Gasteiger partial charge in [0.05, 0.1) is 6.04 Å². The number of likely N-dealkylation sites (tertiary alicyclic amines) is 1. The monoisotopic (exact) mass is 272 g/mol. The largest absolute Gasteiger partial charge is 0.298 e. The molecule has 1 unspecified atom stereocenters. The van der Waals surface area contributed by atoms with Crippen LogP contribution in [0.15, 0.2) is 18.3 Å². The summed E-state index contributed by atoms with van der Waals surface area (Å²) < 4.78 is 2.01. The van der Waals surface area contributed by atoms with Crippen LogP contribution in [-0.4, -0.2) is 38.4 Å². The van der Waals surface area contributed by atoms with Gasteiger partial charge in [-0.05, 0) is 45.4 Å². The Morgan fingerprint density at radius 3 is 2.95 bits per heavy atom. The van der Waals surface area contributed by atoms with Crippen LogP contribution in [0.2, 0.25) is 0 Å². The van der Waals surface area contributed by atoms with E-state index in [2.05, 4.69) is 28.9 Å². The van der Waals surface area contributed by atoms with Gasteiger partial charge in [-0.2, -0.15) is 0 Å². The van der Waals surface area contributed by atoms with Crippen molar-refractivity contribution in [1.29, 1.82) is 0 Å². The Kier molecular flexibility index (Phi) is 3.53. The zero-order valence-corrected chi connectivity index (χ0v) is 12.0. The molecule has 1 aliphatic rings. The molecule has 0 spiro atoms. The van der Waals surface area contributed by atoms with Gasteiger partial charge in [0.1, 0.15) is 6.29 Å². The molecule has 2 aromatic rings. The Labute approximate surface area is 118 Å². The van der Waals surface area contributed by atoms with Crippen molar-refractivity contribution >= 4 is 11.9 Å². The highest BCUT2D eigenvalue weighted by Gasteiger charge is 2.29. The molecule has 1 saturated heterocycles. The summed E-state index contributed by atoms with van der Waals surface area (Å²) in [6.45, 7) is 5.57. The second-order valence-corrected chi connectivity index (χ2v) is 5.71. The maximum Gasteiger partial charge on any atom is 0.161 e. The van der Waals surface area contributed by atoms with Crippen molar-refractivity contribution in [3.05, 3.63) is 29.7 Å². The van der Waals surface area contributed by atoms with Crippen molar-refractivity contribution in [3.8, 4) is 0 Å². The number of piperidine rings is 1. The van der Waals surface area contributed by atoms with E-state index in [1.54, 1.807) is 6.07 Å². The van der Waals surface area contributed by atoms with Crippen LogP contribution in [-0.2, 0) is 0 Å². The molecule has 0 amide bonds. The van der Waals surface area contributed by atoms with Gasteiger partial charge < -0.3 is 0 Å². The Morgan fingerprint density at radius 2 is 2.20 bits per heavy atom. The lowest BCUT2D eigenvalue weighted by Gasteiger charge is -2.37. The molecule has 1 fully saturated rings. The number of fused-ring (bicyclic) bond motifs is 1. The summed E-state index contributed by atoms with van der Waals surface area (Å²) in [6.07, 6.45) is 6.35. The molecule has 3 heterocycles.